The van der Waals surface area contributed by atoms with Gasteiger partial charge in [-0.2, -0.15) is 0 Å². The van der Waals surface area contributed by atoms with E-state index in [0.29, 0.717) is 28.1 Å². The van der Waals surface area contributed by atoms with Crippen LogP contribution in [0, 0.1) is 27.7 Å². The van der Waals surface area contributed by atoms with Gasteiger partial charge in [0.1, 0.15) is 17.9 Å². The number of halogens is 1. The molecular weight excluding hydrogens is 416 g/mol. The van der Waals surface area contributed by atoms with Crippen molar-refractivity contribution in [2.75, 3.05) is 5.32 Å². The number of nitrogens with one attached hydrogen (secondary N) is 1. The van der Waals surface area contributed by atoms with E-state index in [9.17, 15) is 4.79 Å². The van der Waals surface area contributed by atoms with Crippen molar-refractivity contribution in [1.82, 2.24) is 4.98 Å². The van der Waals surface area contributed by atoms with Gasteiger partial charge in [0.15, 0.2) is 0 Å². The molecule has 2 aromatic carbocycles. The van der Waals surface area contributed by atoms with Crippen LogP contribution < -0.4 is 10.1 Å². The first-order valence-corrected chi connectivity index (χ1v) is 9.88. The Hall–Kier alpha value is -2.66. The summed E-state index contributed by atoms with van der Waals surface area (Å²) in [5.74, 6) is 0.281. The second-order valence-electron chi connectivity index (χ2n) is 6.80. The summed E-state index contributed by atoms with van der Waals surface area (Å²) in [4.78, 5) is 17.7. The molecule has 0 bridgehead atoms. The highest BCUT2D eigenvalue weighted by molar-refractivity contribution is 9.10. The van der Waals surface area contributed by atoms with Gasteiger partial charge in [-0.25, -0.2) is 0 Å². The van der Waals surface area contributed by atoms with Crippen LogP contribution in [0.2, 0.25) is 0 Å². The minimum absolute atomic E-state index is 0.230. The van der Waals surface area contributed by atoms with Crippen LogP contribution in [0.3, 0.4) is 0 Å². The average Bonchev–Trinajstić information content (AvgIpc) is 2.67. The Morgan fingerprint density at radius 1 is 0.964 bits per heavy atom. The van der Waals surface area contributed by atoms with Crippen LogP contribution in [0.25, 0.3) is 0 Å². The summed E-state index contributed by atoms with van der Waals surface area (Å²) in [7, 11) is 0. The van der Waals surface area contributed by atoms with E-state index >= 15 is 0 Å². The lowest BCUT2D eigenvalue weighted by atomic mass is 10.1. The van der Waals surface area contributed by atoms with Crippen molar-refractivity contribution in [3.63, 3.8) is 0 Å². The van der Waals surface area contributed by atoms with Gasteiger partial charge >= 0.3 is 0 Å². The van der Waals surface area contributed by atoms with Gasteiger partial charge in [0.2, 0.25) is 0 Å². The van der Waals surface area contributed by atoms with Gasteiger partial charge < -0.3 is 10.1 Å². The number of ether oxygens (including phenoxy) is 1. The first-order chi connectivity index (χ1) is 13.4. The van der Waals surface area contributed by atoms with E-state index < -0.39 is 0 Å². The topological polar surface area (TPSA) is 51.2 Å². The second-order valence-corrected chi connectivity index (χ2v) is 7.59. The summed E-state index contributed by atoms with van der Waals surface area (Å²) in [5, 5.41) is 3.04. The van der Waals surface area contributed by atoms with Gasteiger partial charge in [-0.3, -0.25) is 9.78 Å². The maximum absolute atomic E-state index is 13.2. The number of rotatable bonds is 5. The number of carbonyl (C=O) groups excluding carboxylic acids is 1. The highest BCUT2D eigenvalue weighted by Gasteiger charge is 2.23. The molecule has 0 aliphatic rings. The third-order valence-corrected chi connectivity index (χ3v) is 5.55. The second kappa shape index (κ2) is 8.57. The first-order valence-electron chi connectivity index (χ1n) is 9.09. The minimum Gasteiger partial charge on any atom is -0.487 e. The number of pyridine rings is 1. The number of aromatic nitrogens is 1. The molecule has 0 aliphatic carbocycles. The molecule has 1 amide bonds. The highest BCUT2D eigenvalue weighted by Crippen LogP contribution is 2.34. The Morgan fingerprint density at radius 3 is 2.25 bits per heavy atom. The quantitative estimate of drug-likeness (QED) is 0.538. The molecular formula is C23H23BrN2O2. The van der Waals surface area contributed by atoms with Gasteiger partial charge in [-0.05, 0) is 60.3 Å². The van der Waals surface area contributed by atoms with Crippen LogP contribution >= 0.6 is 15.9 Å². The van der Waals surface area contributed by atoms with Gasteiger partial charge in [0, 0.05) is 5.69 Å². The van der Waals surface area contributed by atoms with Gasteiger partial charge in [-0.1, -0.05) is 48.5 Å². The third kappa shape index (κ3) is 4.25. The summed E-state index contributed by atoms with van der Waals surface area (Å²) in [5.41, 5.74) is 5.72. The smallest absolute Gasteiger partial charge is 0.261 e. The summed E-state index contributed by atoms with van der Waals surface area (Å²) in [6.07, 6.45) is 0. The van der Waals surface area contributed by atoms with Crippen LogP contribution in [0.4, 0.5) is 5.69 Å². The number of para-hydroxylation sites is 1. The number of carbonyl (C=O) groups is 1. The van der Waals surface area contributed by atoms with Crippen molar-refractivity contribution >= 4 is 27.5 Å². The minimum atomic E-state index is -0.230. The van der Waals surface area contributed by atoms with Gasteiger partial charge in [0.05, 0.1) is 15.9 Å². The molecule has 1 aromatic heterocycles. The fraction of sp³-hybridized carbons (Fsp3) is 0.217. The van der Waals surface area contributed by atoms with Crippen molar-refractivity contribution in [3.05, 3.63) is 86.6 Å². The molecule has 28 heavy (non-hydrogen) atoms. The van der Waals surface area contributed by atoms with E-state index in [1.807, 2.05) is 76.2 Å². The molecule has 0 saturated heterocycles. The van der Waals surface area contributed by atoms with Crippen molar-refractivity contribution in [2.24, 2.45) is 0 Å². The molecule has 4 nitrogen and oxygen atoms in total. The summed E-state index contributed by atoms with van der Waals surface area (Å²) in [6.45, 7) is 8.04. The zero-order chi connectivity index (χ0) is 20.3. The van der Waals surface area contributed by atoms with E-state index in [4.69, 9.17) is 4.74 Å². The molecule has 1 heterocycles. The number of nitrogens with zero attached hydrogens (tertiary/aromatic N) is 1. The molecule has 0 atom stereocenters. The average molecular weight is 439 g/mol. The molecule has 0 saturated carbocycles. The maximum atomic E-state index is 13.2. The molecule has 3 rings (SSSR count). The number of hydrogen-bond acceptors (Lipinski definition) is 3. The van der Waals surface area contributed by atoms with Crippen LogP contribution in [0.15, 0.2) is 53.0 Å². The van der Waals surface area contributed by atoms with Gasteiger partial charge in [0.25, 0.3) is 5.91 Å². The number of benzene rings is 2. The zero-order valence-corrected chi connectivity index (χ0v) is 18.1. The lowest BCUT2D eigenvalue weighted by Gasteiger charge is -2.18. The van der Waals surface area contributed by atoms with Crippen molar-refractivity contribution in [3.8, 4) is 5.75 Å². The summed E-state index contributed by atoms with van der Waals surface area (Å²) >= 11 is 3.55. The molecule has 5 heteroatoms. The van der Waals surface area contributed by atoms with Crippen LogP contribution in [-0.4, -0.2) is 10.9 Å². The molecule has 144 valence electrons. The van der Waals surface area contributed by atoms with Crippen LogP contribution in [0.5, 0.6) is 5.75 Å². The maximum Gasteiger partial charge on any atom is 0.261 e. The number of amides is 1. The molecule has 0 unspecified atom stereocenters. The van der Waals surface area contributed by atoms with E-state index in [1.165, 1.54) is 0 Å². The Bertz CT molecular complexity index is 997. The number of hydrogen-bond donors (Lipinski definition) is 1. The van der Waals surface area contributed by atoms with Crippen LogP contribution in [0.1, 0.15) is 38.4 Å². The van der Waals surface area contributed by atoms with E-state index in [2.05, 4.69) is 26.2 Å². The zero-order valence-electron chi connectivity index (χ0n) is 16.5. The molecule has 3 aromatic rings. The molecule has 1 N–H and O–H groups in total. The molecule has 0 spiro atoms. The normalized spacial score (nSPS) is 10.6. The largest absolute Gasteiger partial charge is 0.487 e. The Kier molecular flexibility index (Phi) is 6.15. The van der Waals surface area contributed by atoms with Crippen molar-refractivity contribution in [1.29, 1.82) is 0 Å². The van der Waals surface area contributed by atoms with Crippen molar-refractivity contribution in [2.45, 2.75) is 34.3 Å². The summed E-state index contributed by atoms with van der Waals surface area (Å²) < 4.78 is 6.78. The predicted octanol–water partition coefficient (Wildman–Crippen LogP) is 5.91. The van der Waals surface area contributed by atoms with Gasteiger partial charge in [-0.15, -0.1) is 0 Å². The fourth-order valence-corrected chi connectivity index (χ4v) is 3.52. The van der Waals surface area contributed by atoms with E-state index in [-0.39, 0.29) is 5.91 Å². The van der Waals surface area contributed by atoms with E-state index in [0.717, 1.165) is 28.1 Å². The summed E-state index contributed by atoms with van der Waals surface area (Å²) in [6, 6.07) is 15.8. The molecule has 0 fully saturated rings. The Balaban J connectivity index is 1.97. The third-order valence-electron chi connectivity index (χ3n) is 4.61. The lowest BCUT2D eigenvalue weighted by molar-refractivity contribution is 0.102. The SMILES string of the molecule is Cc1cccc(C)c1NC(=O)c1c(C)nc(C)c(Br)c1OCc1ccccc1. The monoisotopic (exact) mass is 438 g/mol. The lowest BCUT2D eigenvalue weighted by Crippen LogP contribution is -2.18. The van der Waals surface area contributed by atoms with Crippen LogP contribution in [-0.2, 0) is 6.61 Å². The Morgan fingerprint density at radius 2 is 1.61 bits per heavy atom. The number of anilines is 1. The molecule has 0 radical (unpaired) electrons. The fourth-order valence-electron chi connectivity index (χ4n) is 3.12. The molecule has 0 aliphatic heterocycles. The highest BCUT2D eigenvalue weighted by atomic mass is 79.9. The van der Waals surface area contributed by atoms with Crippen molar-refractivity contribution < 1.29 is 9.53 Å². The number of aryl methyl sites for hydroxylation is 4. The van der Waals surface area contributed by atoms with E-state index in [1.54, 1.807) is 0 Å². The standard InChI is InChI=1S/C23H23BrN2O2/c1-14-9-8-10-15(2)21(14)26-23(27)19-16(3)25-17(4)20(24)22(19)28-13-18-11-6-5-7-12-18/h5-12H,13H2,1-4H3,(H,26,27). The predicted molar refractivity (Wildman–Crippen MR) is 116 cm³/mol. The first kappa shape index (κ1) is 20.1. The Labute approximate surface area is 174 Å².